The number of benzene rings is 2. The Morgan fingerprint density at radius 1 is 0.854 bits per heavy atom. The molecule has 2 rings (SSSR count). The van der Waals surface area contributed by atoms with Gasteiger partial charge in [-0.1, -0.05) is 129 Å². The number of aliphatic hydroxyl groups is 1. The van der Waals surface area contributed by atoms with E-state index in [0.717, 1.165) is 0 Å². The average Bonchev–Trinajstić information content (AvgIpc) is 2.89. The third kappa shape index (κ3) is 8.83. The highest BCUT2D eigenvalue weighted by Crippen LogP contribution is 2.44. The summed E-state index contributed by atoms with van der Waals surface area (Å²) in [5, 5.41) is 13.7. The monoisotopic (exact) mass is 596 g/mol. The number of hydrogen-bond acceptors (Lipinski definition) is 4. The van der Waals surface area contributed by atoms with Gasteiger partial charge >= 0.3 is 0 Å². The number of carbonyl (C=O) groups is 1. The van der Waals surface area contributed by atoms with Crippen molar-refractivity contribution in [3.05, 3.63) is 72.8 Å². The minimum atomic E-state index is -2.66. The van der Waals surface area contributed by atoms with Crippen LogP contribution in [0.5, 0.6) is 0 Å². The Bertz CT molecular complexity index is 1010. The Kier molecular flexibility index (Phi) is 13.4. The van der Waals surface area contributed by atoms with Crippen molar-refractivity contribution < 1.29 is 18.8 Å². The van der Waals surface area contributed by atoms with Crippen molar-refractivity contribution in [2.75, 3.05) is 6.61 Å². The number of aliphatic hydroxyl groups excluding tert-OH is 1. The van der Waals surface area contributed by atoms with Crippen LogP contribution in [0.25, 0.3) is 0 Å². The summed E-state index contributed by atoms with van der Waals surface area (Å²) in [6.45, 7) is 22.5. The van der Waals surface area contributed by atoms with Crippen LogP contribution in [-0.2, 0) is 13.6 Å². The van der Waals surface area contributed by atoms with Gasteiger partial charge in [-0.15, -0.1) is 0 Å². The maximum atomic E-state index is 11.6. The predicted molar refractivity (Wildman–Crippen MR) is 179 cm³/mol. The molecule has 0 amide bonds. The van der Waals surface area contributed by atoms with Crippen molar-refractivity contribution in [2.45, 2.75) is 122 Å². The maximum absolute atomic E-state index is 11.6. The second kappa shape index (κ2) is 15.6. The van der Waals surface area contributed by atoms with Crippen LogP contribution in [0.2, 0.25) is 21.7 Å². The molecular formula is C35H56O4Si2. The Hall–Kier alpha value is -1.84. The lowest BCUT2D eigenvalue weighted by Crippen LogP contribution is -2.66. The molecule has 0 aliphatic rings. The smallest absolute Gasteiger partial charge is 0.261 e. The van der Waals surface area contributed by atoms with Crippen molar-refractivity contribution in [1.82, 2.24) is 0 Å². The van der Waals surface area contributed by atoms with Crippen molar-refractivity contribution in [3.63, 3.8) is 0 Å². The van der Waals surface area contributed by atoms with Gasteiger partial charge < -0.3 is 14.0 Å². The van der Waals surface area contributed by atoms with E-state index < -0.39 is 22.7 Å². The lowest BCUT2D eigenvalue weighted by molar-refractivity contribution is -0.112. The molecule has 0 aromatic heterocycles. The average molecular weight is 597 g/mol. The van der Waals surface area contributed by atoms with E-state index in [9.17, 15) is 9.90 Å². The first-order valence-electron chi connectivity index (χ1n) is 15.5. The standard InChI is InChI=1S/C35H56O4Si2/c1-27(2)40(28(3)4,29(5)6)39-32(19-17-18-30(7)36)26-31(37)24-25-38-41(35(8,9)10,33-20-13-11-14-21-33)34-22-15-12-16-23-34/h11-18,20-23,27-29,31-32,37H,19,24-26H2,1-10H3/b18-17+/t31-,32-/m1/s1. The molecule has 1 N–H and O–H groups in total. The summed E-state index contributed by atoms with van der Waals surface area (Å²) in [5.74, 6) is 0.0306. The molecule has 0 heterocycles. The van der Waals surface area contributed by atoms with Gasteiger partial charge in [0.25, 0.3) is 8.32 Å². The Morgan fingerprint density at radius 3 is 1.71 bits per heavy atom. The van der Waals surface area contributed by atoms with E-state index in [1.165, 1.54) is 10.4 Å². The quantitative estimate of drug-likeness (QED) is 0.159. The van der Waals surface area contributed by atoms with Gasteiger partial charge in [0.15, 0.2) is 5.78 Å². The fourth-order valence-electron chi connectivity index (χ4n) is 6.81. The van der Waals surface area contributed by atoms with E-state index in [-0.39, 0.29) is 16.9 Å². The van der Waals surface area contributed by atoms with Gasteiger partial charge in [0.2, 0.25) is 8.32 Å². The zero-order valence-electron chi connectivity index (χ0n) is 27.3. The van der Waals surface area contributed by atoms with Gasteiger partial charge in [-0.05, 0) is 64.3 Å². The molecule has 2 aromatic carbocycles. The molecule has 4 nitrogen and oxygen atoms in total. The molecule has 41 heavy (non-hydrogen) atoms. The van der Waals surface area contributed by atoms with Crippen LogP contribution in [0, 0.1) is 0 Å². The first kappa shape index (κ1) is 35.4. The molecule has 0 radical (unpaired) electrons. The van der Waals surface area contributed by atoms with Crippen LogP contribution in [0.15, 0.2) is 72.8 Å². The predicted octanol–water partition coefficient (Wildman–Crippen LogP) is 7.80. The highest BCUT2D eigenvalue weighted by Gasteiger charge is 2.50. The van der Waals surface area contributed by atoms with Gasteiger partial charge in [0.05, 0.1) is 12.2 Å². The van der Waals surface area contributed by atoms with Crippen LogP contribution in [0.4, 0.5) is 0 Å². The summed E-state index contributed by atoms with van der Waals surface area (Å²) in [6.07, 6.45) is 4.49. The summed E-state index contributed by atoms with van der Waals surface area (Å²) in [7, 11) is -4.82. The Balaban J connectivity index is 2.31. The molecule has 6 heteroatoms. The highest BCUT2D eigenvalue weighted by molar-refractivity contribution is 6.99. The number of rotatable bonds is 16. The van der Waals surface area contributed by atoms with Crippen molar-refractivity contribution >= 4 is 32.8 Å². The van der Waals surface area contributed by atoms with Crippen LogP contribution in [0.1, 0.15) is 88.5 Å². The van der Waals surface area contributed by atoms with E-state index in [4.69, 9.17) is 8.85 Å². The molecule has 2 atom stereocenters. The molecular weight excluding hydrogens is 541 g/mol. The Morgan fingerprint density at radius 2 is 1.32 bits per heavy atom. The minimum absolute atomic E-state index is 0.0306. The second-order valence-corrected chi connectivity index (χ2v) is 23.2. The van der Waals surface area contributed by atoms with Gasteiger partial charge in [-0.25, -0.2) is 0 Å². The van der Waals surface area contributed by atoms with Gasteiger partial charge in [0, 0.05) is 6.61 Å². The normalized spacial score (nSPS) is 14.8. The molecule has 0 aliphatic carbocycles. The molecule has 0 aliphatic heterocycles. The summed E-state index contributed by atoms with van der Waals surface area (Å²) in [5.41, 5.74) is 1.33. The first-order chi connectivity index (χ1) is 19.2. The third-order valence-corrected chi connectivity index (χ3v) is 19.7. The first-order valence-corrected chi connectivity index (χ1v) is 19.5. The molecule has 228 valence electrons. The number of hydrogen-bond donors (Lipinski definition) is 1. The van der Waals surface area contributed by atoms with E-state index in [2.05, 4.69) is 123 Å². The lowest BCUT2D eigenvalue weighted by atomic mass is 10.1. The van der Waals surface area contributed by atoms with E-state index in [1.54, 1.807) is 13.0 Å². The lowest BCUT2D eigenvalue weighted by Gasteiger charge is -2.45. The second-order valence-electron chi connectivity index (χ2n) is 13.5. The number of allylic oxidation sites excluding steroid dienone is 1. The number of carbonyl (C=O) groups excluding carboxylic acids is 1. The van der Waals surface area contributed by atoms with Crippen LogP contribution in [0.3, 0.4) is 0 Å². The Labute approximate surface area is 252 Å². The third-order valence-electron chi connectivity index (χ3n) is 8.55. The summed E-state index contributed by atoms with van der Waals surface area (Å²) in [6, 6.07) is 21.2. The van der Waals surface area contributed by atoms with E-state index in [0.29, 0.717) is 42.5 Å². The molecule has 2 aromatic rings. The molecule has 0 saturated heterocycles. The largest absolute Gasteiger partial charge is 0.413 e. The highest BCUT2D eigenvalue weighted by atomic mass is 28.4. The van der Waals surface area contributed by atoms with Crippen LogP contribution >= 0.6 is 0 Å². The topological polar surface area (TPSA) is 55.8 Å². The van der Waals surface area contributed by atoms with E-state index >= 15 is 0 Å². The van der Waals surface area contributed by atoms with Gasteiger partial charge in [-0.2, -0.15) is 0 Å². The molecule has 0 bridgehead atoms. The minimum Gasteiger partial charge on any atom is -0.413 e. The van der Waals surface area contributed by atoms with Crippen molar-refractivity contribution in [2.24, 2.45) is 0 Å². The zero-order valence-corrected chi connectivity index (χ0v) is 29.3. The van der Waals surface area contributed by atoms with Crippen molar-refractivity contribution in [3.8, 4) is 0 Å². The fourth-order valence-corrected chi connectivity index (χ4v) is 17.0. The molecule has 0 saturated carbocycles. The molecule has 0 unspecified atom stereocenters. The summed E-state index contributed by atoms with van der Waals surface area (Å²) < 4.78 is 14.1. The molecule has 0 spiro atoms. The zero-order chi connectivity index (χ0) is 30.8. The summed E-state index contributed by atoms with van der Waals surface area (Å²) in [4.78, 5) is 11.6. The van der Waals surface area contributed by atoms with Crippen LogP contribution in [-0.4, -0.2) is 46.3 Å². The fraction of sp³-hybridized carbons (Fsp3) is 0.571. The number of ketones is 1. The van der Waals surface area contributed by atoms with Crippen molar-refractivity contribution in [1.29, 1.82) is 0 Å². The molecule has 0 fully saturated rings. The van der Waals surface area contributed by atoms with Crippen LogP contribution < -0.4 is 10.4 Å². The van der Waals surface area contributed by atoms with Gasteiger partial charge in [0.1, 0.15) is 0 Å². The SMILES string of the molecule is CC(=O)/C=C/C[C@H](C[C@H](O)CCO[Si](c1ccccc1)(c1ccccc1)C(C)(C)C)O[Si](C(C)C)(C(C)C)C(C)C. The summed E-state index contributed by atoms with van der Waals surface area (Å²) >= 11 is 0. The van der Waals surface area contributed by atoms with E-state index in [1.807, 2.05) is 6.08 Å². The maximum Gasteiger partial charge on any atom is 0.261 e. The van der Waals surface area contributed by atoms with Gasteiger partial charge in [-0.3, -0.25) is 4.79 Å².